The third-order valence-corrected chi connectivity index (χ3v) is 9.30. The smallest absolute Gasteiger partial charge is 0.245 e. The SMILES string of the molecule is CCS(=O)(=O)N(CC(=O)Nc1ccc(S(=O)(=O)N2CCCC2)cc1)c1ccc2c(c1)OCCO2. The lowest BCUT2D eigenvalue weighted by Gasteiger charge is -2.25. The number of benzene rings is 2. The average Bonchev–Trinajstić information content (AvgIpc) is 3.39. The van der Waals surface area contributed by atoms with Crippen molar-refractivity contribution in [3.8, 4) is 11.5 Å². The predicted octanol–water partition coefficient (Wildman–Crippen LogP) is 2.04. The highest BCUT2D eigenvalue weighted by molar-refractivity contribution is 7.92. The lowest BCUT2D eigenvalue weighted by atomic mass is 10.2. The van der Waals surface area contributed by atoms with Crippen LogP contribution in [0, 0.1) is 0 Å². The molecule has 184 valence electrons. The molecular formula is C22H27N3O7S2. The number of hydrogen-bond acceptors (Lipinski definition) is 7. The standard InChI is InChI=1S/C22H27N3O7S2/c1-2-33(27,28)25(18-7-10-20-21(15-18)32-14-13-31-20)16-22(26)23-17-5-8-19(9-6-17)34(29,30)24-11-3-4-12-24/h5-10,15H,2-4,11-14,16H2,1H3,(H,23,26). The van der Waals surface area contributed by atoms with E-state index in [1.807, 2.05) is 0 Å². The van der Waals surface area contributed by atoms with Crippen LogP contribution < -0.4 is 19.1 Å². The molecule has 0 saturated carbocycles. The van der Waals surface area contributed by atoms with E-state index in [1.165, 1.54) is 41.6 Å². The summed E-state index contributed by atoms with van der Waals surface area (Å²) >= 11 is 0. The van der Waals surface area contributed by atoms with Crippen molar-refractivity contribution in [2.24, 2.45) is 0 Å². The molecule has 12 heteroatoms. The first-order valence-corrected chi connectivity index (χ1v) is 14.1. The van der Waals surface area contributed by atoms with Crippen molar-refractivity contribution in [3.05, 3.63) is 42.5 Å². The molecule has 1 N–H and O–H groups in total. The zero-order valence-corrected chi connectivity index (χ0v) is 20.4. The Balaban J connectivity index is 1.49. The quantitative estimate of drug-likeness (QED) is 0.578. The third-order valence-electron chi connectivity index (χ3n) is 5.64. The highest BCUT2D eigenvalue weighted by atomic mass is 32.2. The van der Waals surface area contributed by atoms with E-state index < -0.39 is 32.5 Å². The van der Waals surface area contributed by atoms with Crippen LogP contribution in [0.5, 0.6) is 11.5 Å². The monoisotopic (exact) mass is 509 g/mol. The average molecular weight is 510 g/mol. The molecular weight excluding hydrogens is 482 g/mol. The summed E-state index contributed by atoms with van der Waals surface area (Å²) in [7, 11) is -7.33. The molecule has 4 rings (SSSR count). The zero-order chi connectivity index (χ0) is 24.3. The minimum Gasteiger partial charge on any atom is -0.486 e. The van der Waals surface area contributed by atoms with Gasteiger partial charge in [0.25, 0.3) is 0 Å². The van der Waals surface area contributed by atoms with E-state index in [1.54, 1.807) is 12.1 Å². The van der Waals surface area contributed by atoms with Gasteiger partial charge in [0.15, 0.2) is 11.5 Å². The van der Waals surface area contributed by atoms with Crippen molar-refractivity contribution in [1.29, 1.82) is 0 Å². The Morgan fingerprint density at radius 2 is 1.62 bits per heavy atom. The summed E-state index contributed by atoms with van der Waals surface area (Å²) in [5, 5.41) is 2.64. The number of nitrogens with one attached hydrogen (secondary N) is 1. The molecule has 0 unspecified atom stereocenters. The van der Waals surface area contributed by atoms with Gasteiger partial charge in [0.1, 0.15) is 19.8 Å². The fourth-order valence-electron chi connectivity index (χ4n) is 3.81. The molecule has 34 heavy (non-hydrogen) atoms. The van der Waals surface area contributed by atoms with E-state index in [0.717, 1.165) is 17.1 Å². The Morgan fingerprint density at radius 3 is 2.26 bits per heavy atom. The summed E-state index contributed by atoms with van der Waals surface area (Å²) in [6.07, 6.45) is 1.68. The van der Waals surface area contributed by atoms with E-state index in [2.05, 4.69) is 5.32 Å². The van der Waals surface area contributed by atoms with Gasteiger partial charge in [-0.05, 0) is 56.2 Å². The minimum absolute atomic E-state index is 0.152. The van der Waals surface area contributed by atoms with E-state index in [0.29, 0.717) is 43.5 Å². The number of carbonyl (C=O) groups excluding carboxylic acids is 1. The fraction of sp³-hybridized carbons (Fsp3) is 0.409. The van der Waals surface area contributed by atoms with Crippen LogP contribution in [0.1, 0.15) is 19.8 Å². The van der Waals surface area contributed by atoms with Crippen LogP contribution in [0.25, 0.3) is 0 Å². The molecule has 0 bridgehead atoms. The second-order valence-electron chi connectivity index (χ2n) is 7.92. The predicted molar refractivity (Wildman–Crippen MR) is 127 cm³/mol. The summed E-state index contributed by atoms with van der Waals surface area (Å²) in [6, 6.07) is 10.6. The maximum atomic E-state index is 12.7. The maximum Gasteiger partial charge on any atom is 0.245 e. The molecule has 0 atom stereocenters. The first-order valence-electron chi connectivity index (χ1n) is 11.0. The summed E-state index contributed by atoms with van der Waals surface area (Å²) < 4.78 is 64.3. The van der Waals surface area contributed by atoms with Crippen LogP contribution in [0.4, 0.5) is 11.4 Å². The van der Waals surface area contributed by atoms with Crippen LogP contribution in [0.2, 0.25) is 0 Å². The molecule has 0 spiro atoms. The molecule has 2 aromatic carbocycles. The first kappa shape index (κ1) is 24.3. The van der Waals surface area contributed by atoms with Crippen molar-refractivity contribution in [2.75, 3.05) is 48.2 Å². The Labute approximate surface area is 199 Å². The third kappa shape index (κ3) is 5.13. The molecule has 2 aliphatic heterocycles. The number of nitrogens with zero attached hydrogens (tertiary/aromatic N) is 2. The Morgan fingerprint density at radius 1 is 0.971 bits per heavy atom. The molecule has 0 aliphatic carbocycles. The van der Waals surface area contributed by atoms with Gasteiger partial charge in [0, 0.05) is 24.8 Å². The van der Waals surface area contributed by atoms with Gasteiger partial charge in [-0.3, -0.25) is 9.10 Å². The molecule has 0 aromatic heterocycles. The molecule has 0 radical (unpaired) electrons. The lowest BCUT2D eigenvalue weighted by Crippen LogP contribution is -2.39. The van der Waals surface area contributed by atoms with Crippen molar-refractivity contribution in [2.45, 2.75) is 24.7 Å². The maximum absolute atomic E-state index is 12.7. The number of amides is 1. The van der Waals surface area contributed by atoms with Crippen molar-refractivity contribution < 1.29 is 31.1 Å². The lowest BCUT2D eigenvalue weighted by molar-refractivity contribution is -0.114. The van der Waals surface area contributed by atoms with Gasteiger partial charge < -0.3 is 14.8 Å². The van der Waals surface area contributed by atoms with Gasteiger partial charge in [-0.15, -0.1) is 0 Å². The van der Waals surface area contributed by atoms with E-state index in [9.17, 15) is 21.6 Å². The number of ether oxygens (including phenoxy) is 2. The molecule has 1 saturated heterocycles. The molecule has 1 amide bonds. The second kappa shape index (κ2) is 9.80. The van der Waals surface area contributed by atoms with Crippen LogP contribution in [-0.2, 0) is 24.8 Å². The highest BCUT2D eigenvalue weighted by Gasteiger charge is 2.28. The second-order valence-corrected chi connectivity index (χ2v) is 12.0. The Bertz CT molecular complexity index is 1260. The largest absolute Gasteiger partial charge is 0.486 e. The van der Waals surface area contributed by atoms with E-state index in [4.69, 9.17) is 9.47 Å². The van der Waals surface area contributed by atoms with Gasteiger partial charge >= 0.3 is 0 Å². The number of fused-ring (bicyclic) bond motifs is 1. The first-order chi connectivity index (χ1) is 16.2. The topological polar surface area (TPSA) is 122 Å². The van der Waals surface area contributed by atoms with Crippen LogP contribution >= 0.6 is 0 Å². The fourth-order valence-corrected chi connectivity index (χ4v) is 6.39. The van der Waals surface area contributed by atoms with Crippen molar-refractivity contribution >= 4 is 37.3 Å². The number of hydrogen-bond donors (Lipinski definition) is 1. The molecule has 2 heterocycles. The summed E-state index contributed by atoms with van der Waals surface area (Å²) in [5.41, 5.74) is 0.648. The van der Waals surface area contributed by atoms with Gasteiger partial charge in [-0.2, -0.15) is 4.31 Å². The Kier molecular flexibility index (Phi) is 7.01. The Hall–Kier alpha value is -2.83. The normalized spacial score (nSPS) is 16.3. The van der Waals surface area contributed by atoms with E-state index in [-0.39, 0.29) is 16.3 Å². The van der Waals surface area contributed by atoms with Crippen LogP contribution in [-0.4, -0.2) is 65.6 Å². The van der Waals surface area contributed by atoms with Crippen LogP contribution in [0.3, 0.4) is 0 Å². The number of carbonyl (C=O) groups is 1. The van der Waals surface area contributed by atoms with Gasteiger partial charge in [0.2, 0.25) is 26.0 Å². The van der Waals surface area contributed by atoms with Gasteiger partial charge in [-0.1, -0.05) is 0 Å². The molecule has 10 nitrogen and oxygen atoms in total. The minimum atomic E-state index is -3.77. The summed E-state index contributed by atoms with van der Waals surface area (Å²) in [5.74, 6) is 0.159. The number of rotatable bonds is 8. The molecule has 1 fully saturated rings. The number of anilines is 2. The summed E-state index contributed by atoms with van der Waals surface area (Å²) in [6.45, 7) is 2.80. The van der Waals surface area contributed by atoms with Gasteiger partial charge in [-0.25, -0.2) is 16.8 Å². The van der Waals surface area contributed by atoms with E-state index >= 15 is 0 Å². The molecule has 2 aromatic rings. The zero-order valence-electron chi connectivity index (χ0n) is 18.8. The number of sulfonamides is 2. The molecule has 2 aliphatic rings. The summed E-state index contributed by atoms with van der Waals surface area (Å²) in [4.78, 5) is 12.9. The van der Waals surface area contributed by atoms with Crippen LogP contribution in [0.15, 0.2) is 47.4 Å². The van der Waals surface area contributed by atoms with Crippen molar-refractivity contribution in [1.82, 2.24) is 4.31 Å². The highest BCUT2D eigenvalue weighted by Crippen LogP contribution is 2.35. The van der Waals surface area contributed by atoms with Gasteiger partial charge in [0.05, 0.1) is 16.3 Å². The van der Waals surface area contributed by atoms with Crippen molar-refractivity contribution in [3.63, 3.8) is 0 Å².